The molecule has 30 heavy (non-hydrogen) atoms. The zero-order valence-corrected chi connectivity index (χ0v) is 18.1. The number of carbonyl (C=O) groups excluding carboxylic acids is 1. The molecule has 2 N–H and O–H groups in total. The predicted octanol–water partition coefficient (Wildman–Crippen LogP) is 4.87. The van der Waals surface area contributed by atoms with Crippen LogP contribution in [0, 0.1) is 5.92 Å². The van der Waals surface area contributed by atoms with E-state index < -0.39 is 0 Å². The van der Waals surface area contributed by atoms with Gasteiger partial charge in [0.05, 0.1) is 20.4 Å². The average molecular weight is 425 g/mol. The average Bonchev–Trinajstić information content (AvgIpc) is 3.16. The lowest BCUT2D eigenvalue weighted by atomic mass is 10.1. The van der Waals surface area contributed by atoms with Crippen LogP contribution in [0.25, 0.3) is 11.3 Å². The van der Waals surface area contributed by atoms with E-state index in [2.05, 4.69) is 20.8 Å². The second-order valence-corrected chi connectivity index (χ2v) is 7.68. The number of amides is 1. The third kappa shape index (κ3) is 5.15. The molecule has 0 saturated carbocycles. The molecule has 0 bridgehead atoms. The number of hydrazone groups is 1. The van der Waals surface area contributed by atoms with Gasteiger partial charge in [0.2, 0.25) is 11.0 Å². The minimum atomic E-state index is -0.132. The van der Waals surface area contributed by atoms with Crippen molar-refractivity contribution in [2.75, 3.05) is 25.0 Å². The molecule has 8 heteroatoms. The summed E-state index contributed by atoms with van der Waals surface area (Å²) in [5, 5.41) is 8.48. The number of nitrogens with one attached hydrogen (secondary N) is 2. The number of methoxy groups -OCH3 is 2. The topological polar surface area (TPSA) is 84.8 Å². The number of hydrogen-bond donors (Lipinski definition) is 2. The van der Waals surface area contributed by atoms with Crippen molar-refractivity contribution in [2.24, 2.45) is 11.0 Å². The lowest BCUT2D eigenvalue weighted by Gasteiger charge is -2.07. The van der Waals surface area contributed by atoms with Crippen LogP contribution in [0.5, 0.6) is 11.5 Å². The van der Waals surface area contributed by atoms with Crippen molar-refractivity contribution < 1.29 is 14.3 Å². The van der Waals surface area contributed by atoms with Gasteiger partial charge in [0.15, 0.2) is 0 Å². The number of carbonyl (C=O) groups is 1. The molecule has 2 aromatic carbocycles. The fraction of sp³-hybridized carbons (Fsp3) is 0.227. The van der Waals surface area contributed by atoms with E-state index in [4.69, 9.17) is 9.47 Å². The van der Waals surface area contributed by atoms with Crippen molar-refractivity contribution in [3.8, 4) is 22.8 Å². The van der Waals surface area contributed by atoms with Crippen LogP contribution in [-0.4, -0.2) is 31.3 Å². The highest BCUT2D eigenvalue weighted by Crippen LogP contribution is 2.36. The summed E-state index contributed by atoms with van der Waals surface area (Å²) in [4.78, 5) is 16.8. The molecule has 7 nitrogen and oxygen atoms in total. The number of hydrogen-bond acceptors (Lipinski definition) is 7. The molecule has 0 fully saturated rings. The molecule has 156 valence electrons. The first-order chi connectivity index (χ1) is 14.5. The zero-order valence-electron chi connectivity index (χ0n) is 17.3. The van der Waals surface area contributed by atoms with Crippen LogP contribution < -0.4 is 20.2 Å². The van der Waals surface area contributed by atoms with E-state index >= 15 is 0 Å². The second kappa shape index (κ2) is 9.89. The molecule has 1 amide bonds. The second-order valence-electron chi connectivity index (χ2n) is 6.68. The van der Waals surface area contributed by atoms with Crippen molar-refractivity contribution in [3.63, 3.8) is 0 Å². The van der Waals surface area contributed by atoms with Crippen molar-refractivity contribution in [3.05, 3.63) is 54.1 Å². The number of anilines is 2. The van der Waals surface area contributed by atoms with E-state index in [1.807, 2.05) is 56.3 Å². The predicted molar refractivity (Wildman–Crippen MR) is 122 cm³/mol. The third-order valence-corrected chi connectivity index (χ3v) is 5.12. The normalized spacial score (nSPS) is 11.0. The Balaban J connectivity index is 1.83. The molecule has 0 unspecified atom stereocenters. The molecule has 3 aromatic rings. The monoisotopic (exact) mass is 424 g/mol. The van der Waals surface area contributed by atoms with E-state index in [0.717, 1.165) is 11.1 Å². The Kier molecular flexibility index (Phi) is 7.03. The highest BCUT2D eigenvalue weighted by molar-refractivity contribution is 7.20. The largest absolute Gasteiger partial charge is 0.497 e. The number of ether oxygens (including phenoxy) is 2. The molecule has 0 atom stereocenters. The first-order valence-corrected chi connectivity index (χ1v) is 10.2. The van der Waals surface area contributed by atoms with Crippen LogP contribution in [0.2, 0.25) is 0 Å². The SMILES string of the molecule is COc1ccc(/C=N\Nc2nc(-c3ccccc3)c(NC(=O)C(C)C)s2)c(OC)c1. The van der Waals surface area contributed by atoms with Gasteiger partial charge in [0.25, 0.3) is 0 Å². The van der Waals surface area contributed by atoms with Gasteiger partial charge in [-0.15, -0.1) is 0 Å². The van der Waals surface area contributed by atoms with Crippen molar-refractivity contribution >= 4 is 33.6 Å². The smallest absolute Gasteiger partial charge is 0.227 e. The fourth-order valence-corrected chi connectivity index (χ4v) is 3.42. The van der Waals surface area contributed by atoms with Gasteiger partial charge >= 0.3 is 0 Å². The molecule has 0 aliphatic rings. The molecule has 0 spiro atoms. The first-order valence-electron chi connectivity index (χ1n) is 9.40. The molecule has 0 aliphatic carbocycles. The van der Waals surface area contributed by atoms with Gasteiger partial charge in [-0.1, -0.05) is 55.5 Å². The van der Waals surface area contributed by atoms with Gasteiger partial charge in [0, 0.05) is 23.1 Å². The molecule has 1 aromatic heterocycles. The Morgan fingerprint density at radius 3 is 2.57 bits per heavy atom. The summed E-state index contributed by atoms with van der Waals surface area (Å²) in [5.41, 5.74) is 5.36. The standard InChI is InChI=1S/C22H24N4O3S/c1-14(2)20(27)25-21-19(15-8-6-5-7-9-15)24-22(30-21)26-23-13-16-10-11-17(28-3)12-18(16)29-4/h5-14H,1-4H3,(H,24,26)(H,25,27)/b23-13-. The number of nitrogens with zero attached hydrogens (tertiary/aromatic N) is 2. The summed E-state index contributed by atoms with van der Waals surface area (Å²) in [6.07, 6.45) is 1.65. The molecule has 0 radical (unpaired) electrons. The van der Waals surface area contributed by atoms with Crippen LogP contribution in [0.15, 0.2) is 53.6 Å². The molecule has 3 rings (SSSR count). The van der Waals surface area contributed by atoms with Gasteiger partial charge in [-0.3, -0.25) is 10.2 Å². The molecular formula is C22H24N4O3S. The summed E-state index contributed by atoms with van der Waals surface area (Å²) in [6, 6.07) is 15.2. The molecule has 0 aliphatic heterocycles. The fourth-order valence-electron chi connectivity index (χ4n) is 2.58. The molecular weight excluding hydrogens is 400 g/mol. The third-order valence-electron chi connectivity index (χ3n) is 4.24. The Morgan fingerprint density at radius 1 is 1.13 bits per heavy atom. The van der Waals surface area contributed by atoms with Crippen molar-refractivity contribution in [1.82, 2.24) is 4.98 Å². The number of thiazole rings is 1. The Bertz CT molecular complexity index is 1030. The van der Waals surface area contributed by atoms with E-state index in [1.165, 1.54) is 11.3 Å². The van der Waals surface area contributed by atoms with Crippen LogP contribution in [-0.2, 0) is 4.79 Å². The van der Waals surface area contributed by atoms with Gasteiger partial charge in [-0.05, 0) is 12.1 Å². The maximum Gasteiger partial charge on any atom is 0.227 e. The molecule has 0 saturated heterocycles. The number of rotatable bonds is 8. The van der Waals surface area contributed by atoms with Crippen LogP contribution >= 0.6 is 11.3 Å². The molecule has 1 heterocycles. The van der Waals surface area contributed by atoms with Crippen LogP contribution in [0.3, 0.4) is 0 Å². The van der Waals surface area contributed by atoms with E-state index in [-0.39, 0.29) is 11.8 Å². The Hall–Kier alpha value is -3.39. The maximum atomic E-state index is 12.2. The lowest BCUT2D eigenvalue weighted by Crippen LogP contribution is -2.17. The van der Waals surface area contributed by atoms with E-state index in [0.29, 0.717) is 27.3 Å². The van der Waals surface area contributed by atoms with Gasteiger partial charge in [-0.25, -0.2) is 4.98 Å². The van der Waals surface area contributed by atoms with E-state index in [1.54, 1.807) is 26.5 Å². The lowest BCUT2D eigenvalue weighted by molar-refractivity contribution is -0.118. The van der Waals surface area contributed by atoms with Crippen LogP contribution in [0.4, 0.5) is 10.1 Å². The van der Waals surface area contributed by atoms with Gasteiger partial charge in [0.1, 0.15) is 22.2 Å². The van der Waals surface area contributed by atoms with E-state index in [9.17, 15) is 4.79 Å². The van der Waals surface area contributed by atoms with Gasteiger partial charge in [-0.2, -0.15) is 5.10 Å². The number of benzene rings is 2. The quantitative estimate of drug-likeness (QED) is 0.398. The zero-order chi connectivity index (χ0) is 21.5. The highest BCUT2D eigenvalue weighted by atomic mass is 32.1. The van der Waals surface area contributed by atoms with Crippen LogP contribution in [0.1, 0.15) is 19.4 Å². The van der Waals surface area contributed by atoms with Crippen molar-refractivity contribution in [1.29, 1.82) is 0 Å². The summed E-state index contributed by atoms with van der Waals surface area (Å²) in [6.45, 7) is 3.70. The first kappa shape index (κ1) is 21.3. The Morgan fingerprint density at radius 2 is 1.90 bits per heavy atom. The summed E-state index contributed by atoms with van der Waals surface area (Å²) >= 11 is 1.33. The van der Waals surface area contributed by atoms with Crippen molar-refractivity contribution in [2.45, 2.75) is 13.8 Å². The number of aromatic nitrogens is 1. The minimum Gasteiger partial charge on any atom is -0.497 e. The summed E-state index contributed by atoms with van der Waals surface area (Å²) < 4.78 is 10.6. The summed E-state index contributed by atoms with van der Waals surface area (Å²) in [7, 11) is 3.20. The highest BCUT2D eigenvalue weighted by Gasteiger charge is 2.17. The van der Waals surface area contributed by atoms with Gasteiger partial charge < -0.3 is 14.8 Å². The maximum absolute atomic E-state index is 12.2. The Labute approximate surface area is 179 Å². The summed E-state index contributed by atoms with van der Waals surface area (Å²) in [5.74, 6) is 1.16. The minimum absolute atomic E-state index is 0.0612.